The van der Waals surface area contributed by atoms with Gasteiger partial charge in [0, 0.05) is 10.8 Å². The maximum atomic E-state index is 4.69. The van der Waals surface area contributed by atoms with Gasteiger partial charge in [0.1, 0.15) is 0 Å². The minimum absolute atomic E-state index is 0.294. The van der Waals surface area contributed by atoms with Gasteiger partial charge < -0.3 is 0 Å². The van der Waals surface area contributed by atoms with E-state index in [4.69, 9.17) is 5.11 Å². The largest absolute Gasteiger partial charge is 0.203 e. The second-order valence-corrected chi connectivity index (χ2v) is 7.52. The first-order valence-corrected chi connectivity index (χ1v) is 9.89. The van der Waals surface area contributed by atoms with E-state index in [0.29, 0.717) is 11.9 Å². The fourth-order valence-corrected chi connectivity index (χ4v) is 4.10. The SMILES string of the molecule is CCCC(CC(C)C1CCCCC1)N=Nc1nncc2ccccc12. The zero-order chi connectivity index (χ0) is 17.5. The van der Waals surface area contributed by atoms with Crippen LogP contribution in [-0.4, -0.2) is 16.2 Å². The van der Waals surface area contributed by atoms with Crippen LogP contribution in [-0.2, 0) is 0 Å². The van der Waals surface area contributed by atoms with Gasteiger partial charge in [0.15, 0.2) is 0 Å². The van der Waals surface area contributed by atoms with E-state index in [1.54, 1.807) is 6.20 Å². The fourth-order valence-electron chi connectivity index (χ4n) is 4.10. The van der Waals surface area contributed by atoms with Crippen molar-refractivity contribution < 1.29 is 0 Å². The predicted molar refractivity (Wildman–Crippen MR) is 103 cm³/mol. The smallest absolute Gasteiger partial charge is 0.184 e. The molecule has 1 aromatic carbocycles. The van der Waals surface area contributed by atoms with Crippen molar-refractivity contribution in [2.45, 2.75) is 71.3 Å². The number of fused-ring (bicyclic) bond motifs is 1. The van der Waals surface area contributed by atoms with Crippen molar-refractivity contribution in [1.29, 1.82) is 0 Å². The summed E-state index contributed by atoms with van der Waals surface area (Å²) in [4.78, 5) is 0. The van der Waals surface area contributed by atoms with Crippen LogP contribution in [0.25, 0.3) is 10.8 Å². The number of hydrogen-bond acceptors (Lipinski definition) is 4. The molecule has 2 atom stereocenters. The average Bonchev–Trinajstić information content (AvgIpc) is 2.67. The monoisotopic (exact) mass is 338 g/mol. The molecule has 2 aromatic rings. The highest BCUT2D eigenvalue weighted by molar-refractivity contribution is 5.89. The van der Waals surface area contributed by atoms with E-state index in [0.717, 1.165) is 41.9 Å². The third kappa shape index (κ3) is 4.83. The van der Waals surface area contributed by atoms with Crippen molar-refractivity contribution in [3.63, 3.8) is 0 Å². The van der Waals surface area contributed by atoms with Crippen LogP contribution in [0.1, 0.15) is 65.2 Å². The standard InChI is InChI=1S/C21H30N4/c1-3-9-19(14-16(2)17-10-5-4-6-11-17)23-25-21-20-13-8-7-12-18(20)15-22-24-21/h7-8,12-13,15-17,19H,3-6,9-11,14H2,1-2H3. The van der Waals surface area contributed by atoms with Crippen LogP contribution in [0, 0.1) is 11.8 Å². The number of hydrogen-bond donors (Lipinski definition) is 0. The zero-order valence-corrected chi connectivity index (χ0v) is 15.6. The molecular weight excluding hydrogens is 308 g/mol. The van der Waals surface area contributed by atoms with Crippen molar-refractivity contribution in [3.05, 3.63) is 30.5 Å². The topological polar surface area (TPSA) is 50.5 Å². The van der Waals surface area contributed by atoms with Crippen LogP contribution < -0.4 is 0 Å². The summed E-state index contributed by atoms with van der Waals surface area (Å²) in [6.45, 7) is 4.64. The van der Waals surface area contributed by atoms with Crippen LogP contribution in [0.5, 0.6) is 0 Å². The Morgan fingerprint density at radius 2 is 1.96 bits per heavy atom. The summed E-state index contributed by atoms with van der Waals surface area (Å²) in [7, 11) is 0. The summed E-state index contributed by atoms with van der Waals surface area (Å²) in [6, 6.07) is 8.40. The van der Waals surface area contributed by atoms with E-state index >= 15 is 0 Å². The summed E-state index contributed by atoms with van der Waals surface area (Å²) < 4.78 is 0. The first-order chi connectivity index (χ1) is 12.3. The Labute approximate surface area is 151 Å². The first kappa shape index (κ1) is 18.0. The lowest BCUT2D eigenvalue weighted by atomic mass is 9.78. The quantitative estimate of drug-likeness (QED) is 0.542. The molecule has 1 aromatic heterocycles. The van der Waals surface area contributed by atoms with Crippen LogP contribution >= 0.6 is 0 Å². The summed E-state index contributed by atoms with van der Waals surface area (Å²) in [6.07, 6.45) is 12.2. The van der Waals surface area contributed by atoms with Crippen LogP contribution in [0.4, 0.5) is 5.82 Å². The Morgan fingerprint density at radius 1 is 1.16 bits per heavy atom. The van der Waals surface area contributed by atoms with Gasteiger partial charge in [0.25, 0.3) is 0 Å². The third-order valence-electron chi connectivity index (χ3n) is 5.59. The van der Waals surface area contributed by atoms with Gasteiger partial charge in [-0.15, -0.1) is 10.2 Å². The predicted octanol–water partition coefficient (Wildman–Crippen LogP) is 6.49. The Kier molecular flexibility index (Phi) is 6.48. The fraction of sp³-hybridized carbons (Fsp3) is 0.619. The lowest BCUT2D eigenvalue weighted by Gasteiger charge is -2.29. The molecule has 1 aliphatic carbocycles. The van der Waals surface area contributed by atoms with Crippen LogP contribution in [0.3, 0.4) is 0 Å². The highest BCUT2D eigenvalue weighted by Crippen LogP contribution is 2.33. The highest BCUT2D eigenvalue weighted by atomic mass is 15.2. The number of benzene rings is 1. The molecule has 0 aliphatic heterocycles. The molecule has 4 nitrogen and oxygen atoms in total. The molecular formula is C21H30N4. The van der Waals surface area contributed by atoms with Gasteiger partial charge in [-0.3, -0.25) is 0 Å². The summed E-state index contributed by atoms with van der Waals surface area (Å²) in [5.41, 5.74) is 0. The number of aromatic nitrogens is 2. The van der Waals surface area contributed by atoms with Gasteiger partial charge >= 0.3 is 0 Å². The van der Waals surface area contributed by atoms with Gasteiger partial charge in [-0.25, -0.2) is 0 Å². The maximum absolute atomic E-state index is 4.69. The van der Waals surface area contributed by atoms with Crippen molar-refractivity contribution in [3.8, 4) is 0 Å². The van der Waals surface area contributed by atoms with E-state index < -0.39 is 0 Å². The summed E-state index contributed by atoms with van der Waals surface area (Å²) >= 11 is 0. The number of nitrogens with zero attached hydrogens (tertiary/aromatic N) is 4. The average molecular weight is 338 g/mol. The van der Waals surface area contributed by atoms with Crippen molar-refractivity contribution >= 4 is 16.6 Å². The first-order valence-electron chi connectivity index (χ1n) is 9.89. The van der Waals surface area contributed by atoms with Gasteiger partial charge in [-0.05, 0) is 24.7 Å². The Balaban J connectivity index is 1.70. The second kappa shape index (κ2) is 9.02. The molecule has 2 unspecified atom stereocenters. The number of azo groups is 1. The zero-order valence-electron chi connectivity index (χ0n) is 15.6. The molecule has 134 valence electrons. The van der Waals surface area contributed by atoms with E-state index in [9.17, 15) is 0 Å². The van der Waals surface area contributed by atoms with Gasteiger partial charge in [-0.2, -0.15) is 10.2 Å². The van der Waals surface area contributed by atoms with Crippen LogP contribution in [0.15, 0.2) is 40.7 Å². The molecule has 0 radical (unpaired) electrons. The minimum atomic E-state index is 0.294. The van der Waals surface area contributed by atoms with Crippen molar-refractivity contribution in [1.82, 2.24) is 10.2 Å². The van der Waals surface area contributed by atoms with E-state index in [1.165, 1.54) is 32.1 Å². The van der Waals surface area contributed by atoms with Gasteiger partial charge in [0.05, 0.1) is 12.2 Å². The lowest BCUT2D eigenvalue weighted by Crippen LogP contribution is -2.20. The Morgan fingerprint density at radius 3 is 2.76 bits per heavy atom. The highest BCUT2D eigenvalue weighted by Gasteiger charge is 2.22. The Hall–Kier alpha value is -1.84. The molecule has 4 heteroatoms. The third-order valence-corrected chi connectivity index (χ3v) is 5.59. The molecule has 1 aliphatic rings. The molecule has 0 bridgehead atoms. The lowest BCUT2D eigenvalue weighted by molar-refractivity contribution is 0.238. The maximum Gasteiger partial charge on any atom is 0.203 e. The molecule has 0 N–H and O–H groups in total. The van der Waals surface area contributed by atoms with E-state index in [1.807, 2.05) is 24.3 Å². The van der Waals surface area contributed by atoms with Crippen molar-refractivity contribution in [2.75, 3.05) is 0 Å². The van der Waals surface area contributed by atoms with Crippen molar-refractivity contribution in [2.24, 2.45) is 22.1 Å². The van der Waals surface area contributed by atoms with Gasteiger partial charge in [0.2, 0.25) is 5.82 Å². The molecule has 0 saturated heterocycles. The second-order valence-electron chi connectivity index (χ2n) is 7.52. The molecule has 3 rings (SSSR count). The Bertz CT molecular complexity index is 686. The van der Waals surface area contributed by atoms with Gasteiger partial charge in [-0.1, -0.05) is 76.6 Å². The minimum Gasteiger partial charge on any atom is -0.184 e. The van der Waals surface area contributed by atoms with E-state index in [2.05, 4.69) is 29.2 Å². The summed E-state index contributed by atoms with van der Waals surface area (Å²) in [5, 5.41) is 19.5. The molecule has 1 saturated carbocycles. The molecule has 0 spiro atoms. The summed E-state index contributed by atoms with van der Waals surface area (Å²) in [5.74, 6) is 2.25. The molecule has 1 heterocycles. The molecule has 25 heavy (non-hydrogen) atoms. The molecule has 0 amide bonds. The van der Waals surface area contributed by atoms with Crippen LogP contribution in [0.2, 0.25) is 0 Å². The number of rotatable bonds is 7. The molecule has 1 fully saturated rings. The normalized spacial score (nSPS) is 18.6. The van der Waals surface area contributed by atoms with E-state index in [-0.39, 0.29) is 0 Å².